The van der Waals surface area contributed by atoms with Crippen LogP contribution in [0, 0.1) is 17.3 Å². The molecule has 0 aromatic heterocycles. The van der Waals surface area contributed by atoms with Crippen molar-refractivity contribution in [2.45, 2.75) is 33.2 Å². The van der Waals surface area contributed by atoms with Crippen LogP contribution in [0.15, 0.2) is 0 Å². The number of hydrogen-bond acceptors (Lipinski definition) is 1. The highest BCUT2D eigenvalue weighted by Crippen LogP contribution is 2.47. The van der Waals surface area contributed by atoms with E-state index < -0.39 is 0 Å². The first kappa shape index (κ1) is 8.62. The summed E-state index contributed by atoms with van der Waals surface area (Å²) in [5.74, 6) is 6.00. The summed E-state index contributed by atoms with van der Waals surface area (Å²) in [6.45, 7) is 7.44. The van der Waals surface area contributed by atoms with Crippen molar-refractivity contribution >= 4 is 0 Å². The third-order valence-corrected chi connectivity index (χ3v) is 2.50. The van der Waals surface area contributed by atoms with Crippen molar-refractivity contribution in [1.82, 2.24) is 4.90 Å². The van der Waals surface area contributed by atoms with Crippen molar-refractivity contribution in [3.63, 3.8) is 0 Å². The van der Waals surface area contributed by atoms with Gasteiger partial charge in [-0.15, -0.1) is 5.92 Å². The standard InChI is InChI=1S/C10H17N/c1-5-6-7-11(4)9-8-10(9,2)3/h9H,7-8H2,1-4H3. The second-order valence-corrected chi connectivity index (χ2v) is 4.05. The summed E-state index contributed by atoms with van der Waals surface area (Å²) in [5.41, 5.74) is 0.546. The Morgan fingerprint density at radius 2 is 2.09 bits per heavy atom. The molecule has 1 saturated carbocycles. The van der Waals surface area contributed by atoms with Crippen LogP contribution in [-0.4, -0.2) is 24.5 Å². The van der Waals surface area contributed by atoms with E-state index in [1.165, 1.54) is 6.42 Å². The van der Waals surface area contributed by atoms with Crippen molar-refractivity contribution in [1.29, 1.82) is 0 Å². The van der Waals surface area contributed by atoms with Gasteiger partial charge in [-0.25, -0.2) is 0 Å². The minimum absolute atomic E-state index is 0.546. The maximum absolute atomic E-state index is 3.08. The molecule has 0 saturated heterocycles. The van der Waals surface area contributed by atoms with Crippen molar-refractivity contribution in [3.8, 4) is 11.8 Å². The second kappa shape index (κ2) is 2.87. The molecule has 0 N–H and O–H groups in total. The van der Waals surface area contributed by atoms with Crippen LogP contribution in [0.25, 0.3) is 0 Å². The van der Waals surface area contributed by atoms with E-state index in [9.17, 15) is 0 Å². The summed E-state index contributed by atoms with van der Waals surface area (Å²) in [6, 6.07) is 0.767. The predicted octanol–water partition coefficient (Wildman–Crippen LogP) is 1.74. The van der Waals surface area contributed by atoms with Crippen molar-refractivity contribution < 1.29 is 0 Å². The van der Waals surface area contributed by atoms with Gasteiger partial charge in [-0.1, -0.05) is 19.8 Å². The Morgan fingerprint density at radius 3 is 2.45 bits per heavy atom. The lowest BCUT2D eigenvalue weighted by Gasteiger charge is -2.14. The van der Waals surface area contributed by atoms with Gasteiger partial charge in [-0.05, 0) is 25.8 Å². The summed E-state index contributed by atoms with van der Waals surface area (Å²) in [4.78, 5) is 2.34. The molecule has 0 aromatic carbocycles. The van der Waals surface area contributed by atoms with Crippen LogP contribution in [-0.2, 0) is 0 Å². The Hall–Kier alpha value is -0.480. The summed E-state index contributed by atoms with van der Waals surface area (Å²) >= 11 is 0. The quantitative estimate of drug-likeness (QED) is 0.543. The van der Waals surface area contributed by atoms with E-state index in [0.717, 1.165) is 12.6 Å². The van der Waals surface area contributed by atoms with Gasteiger partial charge in [0.15, 0.2) is 0 Å². The normalized spacial score (nSPS) is 26.1. The molecule has 0 aliphatic heterocycles. The Balaban J connectivity index is 2.32. The van der Waals surface area contributed by atoms with E-state index in [1.54, 1.807) is 0 Å². The highest BCUT2D eigenvalue weighted by molar-refractivity contribution is 5.06. The first-order valence-electron chi connectivity index (χ1n) is 4.18. The molecule has 0 heterocycles. The maximum Gasteiger partial charge on any atom is 0.0601 e. The molecule has 11 heavy (non-hydrogen) atoms. The van der Waals surface area contributed by atoms with E-state index in [1.807, 2.05) is 6.92 Å². The van der Waals surface area contributed by atoms with Gasteiger partial charge in [-0.3, -0.25) is 4.90 Å². The van der Waals surface area contributed by atoms with E-state index in [2.05, 4.69) is 37.6 Å². The SMILES string of the molecule is CC#CCN(C)C1CC1(C)C. The first-order valence-corrected chi connectivity index (χ1v) is 4.18. The first-order chi connectivity index (χ1) is 5.08. The third kappa shape index (κ3) is 1.97. The monoisotopic (exact) mass is 151 g/mol. The van der Waals surface area contributed by atoms with Gasteiger partial charge in [0.1, 0.15) is 0 Å². The zero-order chi connectivity index (χ0) is 8.48. The van der Waals surface area contributed by atoms with Crippen LogP contribution in [0.2, 0.25) is 0 Å². The Kier molecular flexibility index (Phi) is 2.25. The Morgan fingerprint density at radius 1 is 1.55 bits per heavy atom. The molecule has 1 aliphatic carbocycles. The molecule has 1 aliphatic rings. The van der Waals surface area contributed by atoms with Gasteiger partial charge in [0.25, 0.3) is 0 Å². The van der Waals surface area contributed by atoms with Crippen molar-refractivity contribution in [2.24, 2.45) is 5.41 Å². The van der Waals surface area contributed by atoms with E-state index in [0.29, 0.717) is 5.41 Å². The van der Waals surface area contributed by atoms with Crippen LogP contribution < -0.4 is 0 Å². The zero-order valence-electron chi connectivity index (χ0n) is 7.94. The average Bonchev–Trinajstić information content (AvgIpc) is 2.55. The van der Waals surface area contributed by atoms with Crippen LogP contribution in [0.1, 0.15) is 27.2 Å². The summed E-state index contributed by atoms with van der Waals surface area (Å²) in [5, 5.41) is 0. The van der Waals surface area contributed by atoms with E-state index >= 15 is 0 Å². The zero-order valence-corrected chi connectivity index (χ0v) is 7.94. The Labute approximate surface area is 69.8 Å². The lowest BCUT2D eigenvalue weighted by molar-refractivity contribution is 0.320. The smallest absolute Gasteiger partial charge is 0.0601 e. The number of hydrogen-bond donors (Lipinski definition) is 0. The molecule has 1 unspecified atom stereocenters. The van der Waals surface area contributed by atoms with Crippen LogP contribution in [0.5, 0.6) is 0 Å². The number of rotatable bonds is 2. The molecule has 0 spiro atoms. The van der Waals surface area contributed by atoms with Crippen molar-refractivity contribution in [2.75, 3.05) is 13.6 Å². The summed E-state index contributed by atoms with van der Waals surface area (Å²) in [7, 11) is 2.16. The minimum atomic E-state index is 0.546. The van der Waals surface area contributed by atoms with Gasteiger partial charge in [0, 0.05) is 6.04 Å². The molecule has 0 amide bonds. The molecule has 0 radical (unpaired) electrons. The molecule has 1 heteroatoms. The largest absolute Gasteiger partial charge is 0.292 e. The van der Waals surface area contributed by atoms with Gasteiger partial charge in [-0.2, -0.15) is 0 Å². The third-order valence-electron chi connectivity index (χ3n) is 2.50. The molecular weight excluding hydrogens is 134 g/mol. The molecule has 62 valence electrons. The lowest BCUT2D eigenvalue weighted by atomic mass is 10.2. The topological polar surface area (TPSA) is 3.24 Å². The van der Waals surface area contributed by atoms with E-state index in [-0.39, 0.29) is 0 Å². The Bertz CT molecular complexity index is 195. The second-order valence-electron chi connectivity index (χ2n) is 4.05. The summed E-state index contributed by atoms with van der Waals surface area (Å²) in [6.07, 6.45) is 1.33. The van der Waals surface area contributed by atoms with E-state index in [4.69, 9.17) is 0 Å². The van der Waals surface area contributed by atoms with Gasteiger partial charge >= 0.3 is 0 Å². The van der Waals surface area contributed by atoms with Gasteiger partial charge in [0.05, 0.1) is 6.54 Å². The van der Waals surface area contributed by atoms with Crippen LogP contribution >= 0.6 is 0 Å². The number of nitrogens with zero attached hydrogens (tertiary/aromatic N) is 1. The van der Waals surface area contributed by atoms with Crippen LogP contribution in [0.3, 0.4) is 0 Å². The average molecular weight is 151 g/mol. The van der Waals surface area contributed by atoms with Gasteiger partial charge in [0.2, 0.25) is 0 Å². The fraction of sp³-hybridized carbons (Fsp3) is 0.800. The van der Waals surface area contributed by atoms with Gasteiger partial charge < -0.3 is 0 Å². The predicted molar refractivity (Wildman–Crippen MR) is 48.3 cm³/mol. The fourth-order valence-electron chi connectivity index (χ4n) is 1.51. The molecular formula is C10H17N. The molecule has 0 aromatic rings. The summed E-state index contributed by atoms with van der Waals surface area (Å²) < 4.78 is 0. The lowest BCUT2D eigenvalue weighted by Crippen LogP contribution is -2.24. The highest BCUT2D eigenvalue weighted by atomic mass is 15.2. The molecule has 0 bridgehead atoms. The van der Waals surface area contributed by atoms with Crippen molar-refractivity contribution in [3.05, 3.63) is 0 Å². The maximum atomic E-state index is 3.08. The molecule has 1 atom stereocenters. The van der Waals surface area contributed by atoms with Crippen LogP contribution in [0.4, 0.5) is 0 Å². The highest BCUT2D eigenvalue weighted by Gasteiger charge is 2.47. The molecule has 1 fully saturated rings. The molecule has 1 rings (SSSR count). The minimum Gasteiger partial charge on any atom is -0.292 e. The fourth-order valence-corrected chi connectivity index (χ4v) is 1.51. The molecule has 1 nitrogen and oxygen atoms in total.